The Hall–Kier alpha value is -2.63. The van der Waals surface area contributed by atoms with E-state index in [2.05, 4.69) is 15.9 Å². The summed E-state index contributed by atoms with van der Waals surface area (Å²) in [5.74, 6) is -1.41. The number of phenolic OH excluding ortho intramolecular Hbond substituents is 1. The van der Waals surface area contributed by atoms with E-state index in [1.54, 1.807) is 60.7 Å². The lowest BCUT2D eigenvalue weighted by molar-refractivity contribution is 0.0277. The van der Waals surface area contributed by atoms with E-state index >= 15 is 0 Å². The standard InChI is InChI=1S/C21H14BrClO4/c22-15-8-11-18(24)17(12-15)21(26)27-20(14-6-9-16(23)10-7-14)19(25)13-4-2-1-3-5-13/h1-12,20,24H. The van der Waals surface area contributed by atoms with Crippen molar-refractivity contribution in [3.05, 3.63) is 99.0 Å². The number of hydrogen-bond donors (Lipinski definition) is 1. The van der Waals surface area contributed by atoms with E-state index in [1.165, 1.54) is 12.1 Å². The summed E-state index contributed by atoms with van der Waals surface area (Å²) >= 11 is 9.17. The van der Waals surface area contributed by atoms with Gasteiger partial charge in [-0.05, 0) is 30.3 Å². The molecule has 0 saturated carbocycles. The smallest absolute Gasteiger partial charge is 0.343 e. The van der Waals surface area contributed by atoms with E-state index in [-0.39, 0.29) is 17.1 Å². The predicted molar refractivity (Wildman–Crippen MR) is 106 cm³/mol. The first kappa shape index (κ1) is 19.1. The Labute approximate surface area is 169 Å². The van der Waals surface area contributed by atoms with Crippen molar-refractivity contribution >= 4 is 39.3 Å². The van der Waals surface area contributed by atoms with Crippen LogP contribution < -0.4 is 0 Å². The van der Waals surface area contributed by atoms with Crippen molar-refractivity contribution in [3.63, 3.8) is 0 Å². The quantitative estimate of drug-likeness (QED) is 0.411. The normalized spacial score (nSPS) is 11.6. The van der Waals surface area contributed by atoms with Crippen LogP contribution in [0.5, 0.6) is 5.75 Å². The molecule has 0 radical (unpaired) electrons. The molecule has 3 rings (SSSR count). The highest BCUT2D eigenvalue weighted by Gasteiger charge is 2.27. The van der Waals surface area contributed by atoms with Gasteiger partial charge in [-0.15, -0.1) is 0 Å². The molecule has 4 nitrogen and oxygen atoms in total. The van der Waals surface area contributed by atoms with Crippen LogP contribution in [0.15, 0.2) is 77.3 Å². The summed E-state index contributed by atoms with van der Waals surface area (Å²) in [5, 5.41) is 10.5. The topological polar surface area (TPSA) is 63.6 Å². The van der Waals surface area contributed by atoms with Crippen LogP contribution >= 0.6 is 27.5 Å². The molecule has 0 heterocycles. The first-order valence-corrected chi connectivity index (χ1v) is 9.17. The first-order chi connectivity index (χ1) is 13.0. The Kier molecular flexibility index (Phi) is 5.94. The zero-order chi connectivity index (χ0) is 19.4. The number of hydrogen-bond acceptors (Lipinski definition) is 4. The molecule has 1 unspecified atom stereocenters. The summed E-state index contributed by atoms with van der Waals surface area (Å²) in [7, 11) is 0. The van der Waals surface area contributed by atoms with Crippen molar-refractivity contribution < 1.29 is 19.4 Å². The minimum atomic E-state index is -1.17. The van der Waals surface area contributed by atoms with E-state index in [0.29, 0.717) is 20.6 Å². The third-order valence-electron chi connectivity index (χ3n) is 3.87. The molecule has 0 spiro atoms. The number of benzene rings is 3. The van der Waals surface area contributed by atoms with Gasteiger partial charge in [0, 0.05) is 20.6 Å². The fourth-order valence-electron chi connectivity index (χ4n) is 2.51. The second-order valence-corrected chi connectivity index (χ2v) is 7.08. The molecule has 0 aromatic heterocycles. The summed E-state index contributed by atoms with van der Waals surface area (Å²) < 4.78 is 6.10. The molecule has 0 aliphatic rings. The maximum atomic E-state index is 13.0. The highest BCUT2D eigenvalue weighted by molar-refractivity contribution is 9.10. The summed E-state index contributed by atoms with van der Waals surface area (Å²) in [6.07, 6.45) is -1.17. The lowest BCUT2D eigenvalue weighted by atomic mass is 9.99. The van der Waals surface area contributed by atoms with Gasteiger partial charge in [0.2, 0.25) is 5.78 Å². The predicted octanol–water partition coefficient (Wildman–Crippen LogP) is 5.59. The second-order valence-electron chi connectivity index (χ2n) is 5.73. The Balaban J connectivity index is 1.97. The van der Waals surface area contributed by atoms with Crippen LogP contribution in [0.1, 0.15) is 32.4 Å². The van der Waals surface area contributed by atoms with Crippen molar-refractivity contribution in [2.75, 3.05) is 0 Å². The zero-order valence-corrected chi connectivity index (χ0v) is 16.3. The van der Waals surface area contributed by atoms with Gasteiger partial charge in [-0.1, -0.05) is 70.0 Å². The molecule has 3 aromatic rings. The van der Waals surface area contributed by atoms with Gasteiger partial charge in [-0.2, -0.15) is 0 Å². The molecule has 0 aliphatic carbocycles. The van der Waals surface area contributed by atoms with Crippen LogP contribution in [0, 0.1) is 0 Å². The SMILES string of the molecule is O=C(OC(C(=O)c1ccccc1)c1ccc(Cl)cc1)c1cc(Br)ccc1O. The maximum absolute atomic E-state index is 13.0. The lowest BCUT2D eigenvalue weighted by Gasteiger charge is -2.18. The Bertz CT molecular complexity index is 971. The summed E-state index contributed by atoms with van der Waals surface area (Å²) in [4.78, 5) is 25.6. The average molecular weight is 446 g/mol. The van der Waals surface area contributed by atoms with Crippen LogP contribution in [-0.2, 0) is 4.74 Å². The van der Waals surface area contributed by atoms with Crippen LogP contribution in [0.3, 0.4) is 0 Å². The molecule has 1 atom stereocenters. The molecular weight excluding hydrogens is 432 g/mol. The van der Waals surface area contributed by atoms with Crippen molar-refractivity contribution in [2.45, 2.75) is 6.10 Å². The van der Waals surface area contributed by atoms with Gasteiger partial charge in [0.15, 0.2) is 6.10 Å². The van der Waals surface area contributed by atoms with Gasteiger partial charge < -0.3 is 9.84 Å². The van der Waals surface area contributed by atoms with Crippen LogP contribution in [-0.4, -0.2) is 16.9 Å². The third-order valence-corrected chi connectivity index (χ3v) is 4.62. The molecule has 3 aromatic carbocycles. The van der Waals surface area contributed by atoms with Crippen molar-refractivity contribution in [2.24, 2.45) is 0 Å². The van der Waals surface area contributed by atoms with Gasteiger partial charge >= 0.3 is 5.97 Å². The first-order valence-electron chi connectivity index (χ1n) is 8.00. The van der Waals surface area contributed by atoms with E-state index in [0.717, 1.165) is 0 Å². The van der Waals surface area contributed by atoms with Crippen molar-refractivity contribution in [1.29, 1.82) is 0 Å². The maximum Gasteiger partial charge on any atom is 0.343 e. The van der Waals surface area contributed by atoms with E-state index in [4.69, 9.17) is 16.3 Å². The summed E-state index contributed by atoms with van der Waals surface area (Å²) in [6, 6.07) is 19.4. The van der Waals surface area contributed by atoms with Gasteiger partial charge in [-0.3, -0.25) is 4.79 Å². The zero-order valence-electron chi connectivity index (χ0n) is 13.9. The minimum absolute atomic E-state index is 0.0378. The number of Topliss-reactive ketones (excluding diaryl/α,β-unsaturated/α-hetero) is 1. The number of esters is 1. The number of phenols is 1. The number of carbonyl (C=O) groups excluding carboxylic acids is 2. The van der Waals surface area contributed by atoms with E-state index < -0.39 is 12.1 Å². The van der Waals surface area contributed by atoms with Gasteiger partial charge in [0.05, 0.1) is 0 Å². The third kappa shape index (κ3) is 4.56. The summed E-state index contributed by atoms with van der Waals surface area (Å²) in [6.45, 7) is 0. The lowest BCUT2D eigenvalue weighted by Crippen LogP contribution is -2.20. The fourth-order valence-corrected chi connectivity index (χ4v) is 2.99. The van der Waals surface area contributed by atoms with E-state index in [9.17, 15) is 14.7 Å². The highest BCUT2D eigenvalue weighted by atomic mass is 79.9. The number of halogens is 2. The molecule has 136 valence electrons. The average Bonchev–Trinajstić information content (AvgIpc) is 2.69. The Morgan fingerprint density at radius 1 is 0.963 bits per heavy atom. The minimum Gasteiger partial charge on any atom is -0.507 e. The number of ketones is 1. The molecule has 0 aliphatic heterocycles. The van der Waals surface area contributed by atoms with Crippen molar-refractivity contribution in [1.82, 2.24) is 0 Å². The Morgan fingerprint density at radius 3 is 2.30 bits per heavy atom. The van der Waals surface area contributed by atoms with Crippen molar-refractivity contribution in [3.8, 4) is 5.75 Å². The summed E-state index contributed by atoms with van der Waals surface area (Å²) in [5.41, 5.74) is 0.851. The molecule has 0 bridgehead atoms. The molecule has 1 N–H and O–H groups in total. The Morgan fingerprint density at radius 2 is 1.63 bits per heavy atom. The fraction of sp³-hybridized carbons (Fsp3) is 0.0476. The number of carbonyl (C=O) groups is 2. The van der Waals surface area contributed by atoms with Crippen LogP contribution in [0.25, 0.3) is 0 Å². The number of rotatable bonds is 5. The molecule has 27 heavy (non-hydrogen) atoms. The van der Waals surface area contributed by atoms with Gasteiger partial charge in [-0.25, -0.2) is 4.79 Å². The van der Waals surface area contributed by atoms with Gasteiger partial charge in [0.1, 0.15) is 11.3 Å². The van der Waals surface area contributed by atoms with E-state index in [1.807, 2.05) is 0 Å². The highest BCUT2D eigenvalue weighted by Crippen LogP contribution is 2.28. The number of ether oxygens (including phenoxy) is 1. The molecule has 0 saturated heterocycles. The monoisotopic (exact) mass is 444 g/mol. The van der Waals surface area contributed by atoms with Gasteiger partial charge in [0.25, 0.3) is 0 Å². The molecule has 0 amide bonds. The molecular formula is C21H14BrClO4. The van der Waals surface area contributed by atoms with Crippen LogP contribution in [0.2, 0.25) is 5.02 Å². The molecule has 6 heteroatoms. The molecule has 0 fully saturated rings. The number of aromatic hydroxyl groups is 1. The largest absolute Gasteiger partial charge is 0.507 e. The second kappa shape index (κ2) is 8.37. The van der Waals surface area contributed by atoms with Crippen LogP contribution in [0.4, 0.5) is 0 Å².